The summed E-state index contributed by atoms with van der Waals surface area (Å²) in [5, 5.41) is 20.7. The number of carbonyl (C=O) groups is 1. The third-order valence-electron chi connectivity index (χ3n) is 4.82. The zero-order valence-corrected chi connectivity index (χ0v) is 17.7. The Labute approximate surface area is 181 Å². The van der Waals surface area contributed by atoms with Crippen molar-refractivity contribution in [1.29, 1.82) is 0 Å². The van der Waals surface area contributed by atoms with Crippen molar-refractivity contribution in [2.24, 2.45) is 0 Å². The first kappa shape index (κ1) is 22.4. The molecule has 0 bridgehead atoms. The van der Waals surface area contributed by atoms with E-state index in [1.165, 1.54) is 14.0 Å². The zero-order valence-electron chi connectivity index (χ0n) is 17.7. The maximum absolute atomic E-state index is 11.5. The Bertz CT molecular complexity index is 985. The molecule has 3 aromatic rings. The van der Waals surface area contributed by atoms with Crippen molar-refractivity contribution in [3.8, 4) is 17.2 Å². The summed E-state index contributed by atoms with van der Waals surface area (Å²) in [7, 11) is 1.50. The standard InChI is InChI=1S/C24H27NO6/c1-17(26)18-9-10-23(24(12-18)29-2)31-16-20(27)14-25(15-21-7-5-11-30-21)13-19-6-3-4-8-22(19)28/h3-12,20,27-28H,13-16H2,1-2H3. The van der Waals surface area contributed by atoms with Crippen LogP contribution < -0.4 is 9.47 Å². The van der Waals surface area contributed by atoms with E-state index in [4.69, 9.17) is 13.9 Å². The van der Waals surface area contributed by atoms with E-state index >= 15 is 0 Å². The van der Waals surface area contributed by atoms with Crippen LogP contribution in [0.3, 0.4) is 0 Å². The highest BCUT2D eigenvalue weighted by Gasteiger charge is 2.17. The molecule has 2 aromatic carbocycles. The number of aliphatic hydroxyl groups excluding tert-OH is 1. The van der Waals surface area contributed by atoms with Crippen LogP contribution >= 0.6 is 0 Å². The Morgan fingerprint density at radius 3 is 2.58 bits per heavy atom. The van der Waals surface area contributed by atoms with Crippen molar-refractivity contribution in [3.05, 3.63) is 77.7 Å². The molecule has 1 heterocycles. The van der Waals surface area contributed by atoms with Gasteiger partial charge in [0.05, 0.1) is 19.9 Å². The first-order chi connectivity index (χ1) is 15.0. The van der Waals surface area contributed by atoms with Crippen LogP contribution in [0.4, 0.5) is 0 Å². The van der Waals surface area contributed by atoms with Crippen LogP contribution in [0.1, 0.15) is 28.6 Å². The minimum Gasteiger partial charge on any atom is -0.508 e. The number of carbonyl (C=O) groups excluding carboxylic acids is 1. The molecule has 3 rings (SSSR count). The fourth-order valence-corrected chi connectivity index (χ4v) is 3.24. The molecule has 0 aliphatic rings. The molecule has 0 fully saturated rings. The summed E-state index contributed by atoms with van der Waals surface area (Å²) >= 11 is 0. The largest absolute Gasteiger partial charge is 0.508 e. The van der Waals surface area contributed by atoms with E-state index in [0.29, 0.717) is 36.7 Å². The normalized spacial score (nSPS) is 12.0. The third kappa shape index (κ3) is 6.34. The minimum atomic E-state index is -0.807. The number of aromatic hydroxyl groups is 1. The quantitative estimate of drug-likeness (QED) is 0.453. The lowest BCUT2D eigenvalue weighted by Crippen LogP contribution is -2.35. The third-order valence-corrected chi connectivity index (χ3v) is 4.82. The Kier molecular flexibility index (Phi) is 7.70. The number of hydrogen-bond acceptors (Lipinski definition) is 7. The molecule has 0 aliphatic carbocycles. The van der Waals surface area contributed by atoms with Crippen LogP contribution in [-0.2, 0) is 13.1 Å². The molecule has 164 valence electrons. The van der Waals surface area contributed by atoms with Gasteiger partial charge in [-0.2, -0.15) is 0 Å². The molecule has 7 nitrogen and oxygen atoms in total. The molecule has 0 amide bonds. The van der Waals surface area contributed by atoms with Gasteiger partial charge in [-0.1, -0.05) is 18.2 Å². The van der Waals surface area contributed by atoms with Crippen molar-refractivity contribution in [3.63, 3.8) is 0 Å². The van der Waals surface area contributed by atoms with Gasteiger partial charge < -0.3 is 24.1 Å². The molecule has 1 aromatic heterocycles. The lowest BCUT2D eigenvalue weighted by Gasteiger charge is -2.25. The molecule has 0 saturated heterocycles. The maximum atomic E-state index is 11.5. The van der Waals surface area contributed by atoms with Crippen LogP contribution in [0.15, 0.2) is 65.3 Å². The highest BCUT2D eigenvalue weighted by molar-refractivity contribution is 5.94. The highest BCUT2D eigenvalue weighted by atomic mass is 16.5. The van der Waals surface area contributed by atoms with Crippen LogP contribution in [0.2, 0.25) is 0 Å². The Morgan fingerprint density at radius 1 is 1.10 bits per heavy atom. The lowest BCUT2D eigenvalue weighted by atomic mass is 10.1. The molecule has 0 saturated carbocycles. The first-order valence-corrected chi connectivity index (χ1v) is 9.97. The van der Waals surface area contributed by atoms with E-state index in [0.717, 1.165) is 11.3 Å². The maximum Gasteiger partial charge on any atom is 0.161 e. The van der Waals surface area contributed by atoms with Crippen molar-refractivity contribution in [2.45, 2.75) is 26.1 Å². The molecular formula is C24H27NO6. The van der Waals surface area contributed by atoms with Gasteiger partial charge in [0, 0.05) is 24.2 Å². The van der Waals surface area contributed by atoms with E-state index in [-0.39, 0.29) is 18.1 Å². The molecule has 1 atom stereocenters. The van der Waals surface area contributed by atoms with Gasteiger partial charge in [-0.05, 0) is 43.3 Å². The number of phenols is 1. The second-order valence-corrected chi connectivity index (χ2v) is 7.26. The minimum absolute atomic E-state index is 0.0329. The second-order valence-electron chi connectivity index (χ2n) is 7.26. The van der Waals surface area contributed by atoms with Crippen LogP contribution in [0.25, 0.3) is 0 Å². The molecule has 1 unspecified atom stereocenters. The topological polar surface area (TPSA) is 92.4 Å². The van der Waals surface area contributed by atoms with Gasteiger partial charge in [0.1, 0.15) is 24.2 Å². The Balaban J connectivity index is 1.65. The monoisotopic (exact) mass is 425 g/mol. The van der Waals surface area contributed by atoms with Crippen LogP contribution in [0.5, 0.6) is 17.2 Å². The average Bonchev–Trinajstić information content (AvgIpc) is 3.26. The number of ketones is 1. The molecular weight excluding hydrogens is 398 g/mol. The smallest absolute Gasteiger partial charge is 0.161 e. The predicted molar refractivity (Wildman–Crippen MR) is 115 cm³/mol. The van der Waals surface area contributed by atoms with Crippen molar-refractivity contribution < 1.29 is 28.9 Å². The number of benzene rings is 2. The van der Waals surface area contributed by atoms with Gasteiger partial charge in [0.15, 0.2) is 17.3 Å². The van der Waals surface area contributed by atoms with Gasteiger partial charge in [-0.3, -0.25) is 9.69 Å². The number of methoxy groups -OCH3 is 1. The fraction of sp³-hybridized carbons (Fsp3) is 0.292. The summed E-state index contributed by atoms with van der Waals surface area (Å²) in [6.45, 7) is 2.71. The summed E-state index contributed by atoms with van der Waals surface area (Å²) in [6, 6.07) is 15.7. The molecule has 0 aliphatic heterocycles. The molecule has 0 radical (unpaired) electrons. The van der Waals surface area contributed by atoms with Crippen molar-refractivity contribution in [1.82, 2.24) is 4.90 Å². The van der Waals surface area contributed by atoms with Crippen molar-refractivity contribution in [2.75, 3.05) is 20.3 Å². The molecule has 31 heavy (non-hydrogen) atoms. The highest BCUT2D eigenvalue weighted by Crippen LogP contribution is 2.28. The number of hydrogen-bond donors (Lipinski definition) is 2. The first-order valence-electron chi connectivity index (χ1n) is 9.97. The summed E-state index contributed by atoms with van der Waals surface area (Å²) in [5.74, 6) is 1.77. The molecule has 0 spiro atoms. The van der Waals surface area contributed by atoms with E-state index in [1.54, 1.807) is 36.6 Å². The second kappa shape index (κ2) is 10.7. The summed E-state index contributed by atoms with van der Waals surface area (Å²) in [4.78, 5) is 13.5. The number of ether oxygens (including phenoxy) is 2. The van der Waals surface area contributed by atoms with Gasteiger partial charge in [0.2, 0.25) is 0 Å². The zero-order chi connectivity index (χ0) is 22.2. The Morgan fingerprint density at radius 2 is 1.90 bits per heavy atom. The van der Waals surface area contributed by atoms with Gasteiger partial charge in [-0.25, -0.2) is 0 Å². The van der Waals surface area contributed by atoms with Crippen LogP contribution in [-0.4, -0.2) is 47.3 Å². The van der Waals surface area contributed by atoms with Crippen LogP contribution in [0, 0.1) is 0 Å². The average molecular weight is 425 g/mol. The van der Waals surface area contributed by atoms with Crippen molar-refractivity contribution >= 4 is 5.78 Å². The summed E-state index contributed by atoms with van der Waals surface area (Å²) < 4.78 is 16.5. The number of phenolic OH excluding ortho intramolecular Hbond substituents is 1. The van der Waals surface area contributed by atoms with E-state index in [9.17, 15) is 15.0 Å². The predicted octanol–water partition coefficient (Wildman–Crippen LogP) is 3.64. The van der Waals surface area contributed by atoms with Gasteiger partial charge >= 0.3 is 0 Å². The lowest BCUT2D eigenvalue weighted by molar-refractivity contribution is 0.0593. The van der Waals surface area contributed by atoms with Gasteiger partial charge in [0.25, 0.3) is 0 Å². The number of nitrogens with zero attached hydrogens (tertiary/aromatic N) is 1. The van der Waals surface area contributed by atoms with E-state index in [1.807, 2.05) is 29.2 Å². The molecule has 7 heteroatoms. The number of para-hydroxylation sites is 1. The molecule has 2 N–H and O–H groups in total. The number of aliphatic hydroxyl groups is 1. The number of rotatable bonds is 11. The van der Waals surface area contributed by atoms with Gasteiger partial charge in [-0.15, -0.1) is 0 Å². The number of Topliss-reactive ketones (excluding diaryl/α,β-unsaturated/α-hetero) is 1. The fourth-order valence-electron chi connectivity index (χ4n) is 3.24. The number of furan rings is 1. The summed E-state index contributed by atoms with van der Waals surface area (Å²) in [5.41, 5.74) is 1.28. The van der Waals surface area contributed by atoms with E-state index in [2.05, 4.69) is 0 Å². The Hall–Kier alpha value is -3.29. The summed E-state index contributed by atoms with van der Waals surface area (Å²) in [6.07, 6.45) is 0.794. The van der Waals surface area contributed by atoms with E-state index < -0.39 is 6.10 Å². The SMILES string of the molecule is COc1cc(C(C)=O)ccc1OCC(O)CN(Cc1ccco1)Cc1ccccc1O.